The summed E-state index contributed by atoms with van der Waals surface area (Å²) in [7, 11) is 1.58. The van der Waals surface area contributed by atoms with Gasteiger partial charge < -0.3 is 14.6 Å². The van der Waals surface area contributed by atoms with Crippen molar-refractivity contribution < 1.29 is 14.0 Å². The van der Waals surface area contributed by atoms with E-state index >= 15 is 0 Å². The fraction of sp³-hybridized carbons (Fsp3) is 0.250. The molecule has 0 aliphatic carbocycles. The lowest BCUT2D eigenvalue weighted by molar-refractivity contribution is -0.124. The highest BCUT2D eigenvalue weighted by Gasteiger charge is 2.33. The molecule has 1 atom stereocenters. The predicted molar refractivity (Wildman–Crippen MR) is 100 cm³/mol. The van der Waals surface area contributed by atoms with Crippen LogP contribution in [0.2, 0.25) is 0 Å². The van der Waals surface area contributed by atoms with E-state index in [0.29, 0.717) is 29.6 Å². The van der Waals surface area contributed by atoms with Gasteiger partial charge in [-0.15, -0.1) is 0 Å². The normalized spacial score (nSPS) is 16.6. The van der Waals surface area contributed by atoms with Crippen molar-refractivity contribution >= 4 is 22.9 Å². The summed E-state index contributed by atoms with van der Waals surface area (Å²) >= 11 is 0. The maximum absolute atomic E-state index is 13.0. The Balaban J connectivity index is 1.66. The number of rotatable bonds is 3. The van der Waals surface area contributed by atoms with Crippen molar-refractivity contribution in [3.63, 3.8) is 0 Å². The average Bonchev–Trinajstić information content (AvgIpc) is 3.32. The van der Waals surface area contributed by atoms with Gasteiger partial charge in [0.05, 0.1) is 5.52 Å². The molecule has 1 fully saturated rings. The molecule has 2 amide bonds. The largest absolute Gasteiger partial charge is 0.417 e. The van der Waals surface area contributed by atoms with Gasteiger partial charge in [-0.25, -0.2) is 4.79 Å². The molecule has 1 aliphatic rings. The van der Waals surface area contributed by atoms with Crippen LogP contribution in [-0.4, -0.2) is 41.3 Å². The van der Waals surface area contributed by atoms with E-state index in [2.05, 4.69) is 10.3 Å². The molecule has 0 bridgehead atoms. The maximum Gasteiger partial charge on any atom is 0.417 e. The zero-order chi connectivity index (χ0) is 19.0. The summed E-state index contributed by atoms with van der Waals surface area (Å²) in [6, 6.07) is 12.2. The van der Waals surface area contributed by atoms with Crippen molar-refractivity contribution in [2.75, 3.05) is 13.6 Å². The van der Waals surface area contributed by atoms with Crippen LogP contribution in [0.25, 0.3) is 22.2 Å². The lowest BCUT2D eigenvalue weighted by atomic mass is 10.0. The van der Waals surface area contributed by atoms with Gasteiger partial charge in [0.25, 0.3) is 5.91 Å². The van der Waals surface area contributed by atoms with Gasteiger partial charge in [0.15, 0.2) is 5.58 Å². The highest BCUT2D eigenvalue weighted by atomic mass is 16.4. The summed E-state index contributed by atoms with van der Waals surface area (Å²) in [5, 5.41) is 2.63. The SMILES string of the molecule is CNC(=O)[C@H]1CCCN1C(=O)c1cccc(-c2ccc3oc(=O)[nH]c3c2)c1. The number of benzene rings is 2. The lowest BCUT2D eigenvalue weighted by Crippen LogP contribution is -2.44. The first kappa shape index (κ1) is 17.1. The van der Waals surface area contributed by atoms with Crippen molar-refractivity contribution in [1.82, 2.24) is 15.2 Å². The van der Waals surface area contributed by atoms with E-state index in [1.54, 1.807) is 30.1 Å². The number of hydrogen-bond donors (Lipinski definition) is 2. The van der Waals surface area contributed by atoms with Crippen LogP contribution in [0.1, 0.15) is 23.2 Å². The second kappa shape index (κ2) is 6.75. The number of likely N-dealkylation sites (N-methyl/N-ethyl adjacent to an activating group) is 1. The minimum Gasteiger partial charge on any atom is -0.408 e. The Morgan fingerprint density at radius 3 is 2.81 bits per heavy atom. The quantitative estimate of drug-likeness (QED) is 0.743. The van der Waals surface area contributed by atoms with Crippen molar-refractivity contribution in [2.45, 2.75) is 18.9 Å². The van der Waals surface area contributed by atoms with Crippen LogP contribution in [0.4, 0.5) is 0 Å². The van der Waals surface area contributed by atoms with Crippen LogP contribution in [0.5, 0.6) is 0 Å². The Bertz CT molecular complexity index is 1080. The first-order chi connectivity index (χ1) is 13.1. The minimum absolute atomic E-state index is 0.133. The van der Waals surface area contributed by atoms with E-state index in [4.69, 9.17) is 4.42 Å². The molecule has 2 aromatic carbocycles. The number of carbonyl (C=O) groups is 2. The summed E-state index contributed by atoms with van der Waals surface area (Å²) in [6.07, 6.45) is 1.49. The standard InChI is InChI=1S/C20H19N3O4/c1-21-18(24)16-6-3-9-23(16)19(25)14-5-2-4-12(10-14)13-7-8-17-15(11-13)22-20(26)27-17/h2,4-5,7-8,10-11,16H,3,6,9H2,1H3,(H,21,24)(H,22,26)/t16-/m1/s1. The van der Waals surface area contributed by atoms with Crippen molar-refractivity contribution in [1.29, 1.82) is 0 Å². The Labute approximate surface area is 155 Å². The highest BCUT2D eigenvalue weighted by molar-refractivity contribution is 5.99. The van der Waals surface area contributed by atoms with Gasteiger partial charge in [-0.1, -0.05) is 18.2 Å². The second-order valence-electron chi connectivity index (χ2n) is 6.58. The number of fused-ring (bicyclic) bond motifs is 1. The molecular weight excluding hydrogens is 346 g/mol. The molecule has 7 nitrogen and oxygen atoms in total. The molecule has 7 heteroatoms. The smallest absolute Gasteiger partial charge is 0.408 e. The van der Waals surface area contributed by atoms with Gasteiger partial charge >= 0.3 is 5.76 Å². The third kappa shape index (κ3) is 3.12. The first-order valence-corrected chi connectivity index (χ1v) is 8.82. The van der Waals surface area contributed by atoms with Gasteiger partial charge in [-0.2, -0.15) is 0 Å². The van der Waals surface area contributed by atoms with Crippen LogP contribution >= 0.6 is 0 Å². The molecule has 4 rings (SSSR count). The topological polar surface area (TPSA) is 95.4 Å². The van der Waals surface area contributed by atoms with E-state index in [-0.39, 0.29) is 11.8 Å². The fourth-order valence-electron chi connectivity index (χ4n) is 3.58. The molecule has 3 aromatic rings. The van der Waals surface area contributed by atoms with Gasteiger partial charge in [0.1, 0.15) is 6.04 Å². The Kier molecular flexibility index (Phi) is 4.27. The average molecular weight is 365 g/mol. The van der Waals surface area contributed by atoms with Crippen molar-refractivity contribution in [3.05, 3.63) is 58.6 Å². The zero-order valence-corrected chi connectivity index (χ0v) is 14.8. The summed E-state index contributed by atoms with van der Waals surface area (Å²) in [4.78, 5) is 40.6. The summed E-state index contributed by atoms with van der Waals surface area (Å²) < 4.78 is 5.02. The number of nitrogens with zero attached hydrogens (tertiary/aromatic N) is 1. The van der Waals surface area contributed by atoms with Crippen LogP contribution in [0.3, 0.4) is 0 Å². The van der Waals surface area contributed by atoms with Crippen LogP contribution in [-0.2, 0) is 4.79 Å². The minimum atomic E-state index is -0.500. The second-order valence-corrected chi connectivity index (χ2v) is 6.58. The summed E-state index contributed by atoms with van der Waals surface area (Å²) in [6.45, 7) is 0.573. The number of hydrogen-bond acceptors (Lipinski definition) is 4. The third-order valence-corrected chi connectivity index (χ3v) is 4.92. The number of amides is 2. The molecule has 138 valence electrons. The molecule has 2 N–H and O–H groups in total. The van der Waals surface area contributed by atoms with Gasteiger partial charge in [0, 0.05) is 19.2 Å². The van der Waals surface area contributed by atoms with Crippen LogP contribution in [0, 0.1) is 0 Å². The Hall–Kier alpha value is -3.35. The van der Waals surface area contributed by atoms with Crippen LogP contribution < -0.4 is 11.1 Å². The molecule has 27 heavy (non-hydrogen) atoms. The molecule has 0 radical (unpaired) electrons. The van der Waals surface area contributed by atoms with E-state index in [1.165, 1.54) is 0 Å². The molecule has 0 saturated carbocycles. The lowest BCUT2D eigenvalue weighted by Gasteiger charge is -2.23. The van der Waals surface area contributed by atoms with Crippen molar-refractivity contribution in [3.8, 4) is 11.1 Å². The molecule has 1 aromatic heterocycles. The summed E-state index contributed by atoms with van der Waals surface area (Å²) in [5.41, 5.74) is 3.33. The summed E-state index contributed by atoms with van der Waals surface area (Å²) in [5.74, 6) is -0.785. The van der Waals surface area contributed by atoms with Gasteiger partial charge in [-0.05, 0) is 48.2 Å². The third-order valence-electron chi connectivity index (χ3n) is 4.92. The number of nitrogens with one attached hydrogen (secondary N) is 2. The van der Waals surface area contributed by atoms with E-state index < -0.39 is 11.8 Å². The highest BCUT2D eigenvalue weighted by Crippen LogP contribution is 2.26. The molecule has 1 saturated heterocycles. The number of oxazole rings is 1. The van der Waals surface area contributed by atoms with Crippen molar-refractivity contribution in [2.24, 2.45) is 0 Å². The molecule has 0 spiro atoms. The fourth-order valence-corrected chi connectivity index (χ4v) is 3.58. The Morgan fingerprint density at radius 1 is 1.19 bits per heavy atom. The van der Waals surface area contributed by atoms with E-state index in [0.717, 1.165) is 17.5 Å². The Morgan fingerprint density at radius 2 is 2.00 bits per heavy atom. The zero-order valence-electron chi connectivity index (χ0n) is 14.8. The maximum atomic E-state index is 13.0. The van der Waals surface area contributed by atoms with Crippen LogP contribution in [0.15, 0.2) is 51.7 Å². The van der Waals surface area contributed by atoms with E-state index in [1.807, 2.05) is 24.3 Å². The number of likely N-dealkylation sites (tertiary alicyclic amines) is 1. The molecule has 2 heterocycles. The monoisotopic (exact) mass is 365 g/mol. The molecule has 0 unspecified atom stereocenters. The van der Waals surface area contributed by atoms with Gasteiger partial charge in [0.2, 0.25) is 5.91 Å². The number of aromatic nitrogens is 1. The molecular formula is C20H19N3O4. The number of carbonyl (C=O) groups excluding carboxylic acids is 2. The number of H-pyrrole nitrogens is 1. The number of aromatic amines is 1. The van der Waals surface area contributed by atoms with Gasteiger partial charge in [-0.3, -0.25) is 14.6 Å². The predicted octanol–water partition coefficient (Wildman–Crippen LogP) is 2.14. The van der Waals surface area contributed by atoms with E-state index in [9.17, 15) is 14.4 Å². The first-order valence-electron chi connectivity index (χ1n) is 8.82. The molecule has 1 aliphatic heterocycles.